The van der Waals surface area contributed by atoms with Gasteiger partial charge in [0.15, 0.2) is 0 Å². The summed E-state index contributed by atoms with van der Waals surface area (Å²) >= 11 is 0. The molecule has 0 atom stereocenters. The largest absolute Gasteiger partial charge is 0.296 e. The quantitative estimate of drug-likeness (QED) is 0.582. The smallest absolute Gasteiger partial charge is 0.264 e. The van der Waals surface area contributed by atoms with E-state index in [0.717, 1.165) is 0 Å². The van der Waals surface area contributed by atoms with Crippen LogP contribution in [0.25, 0.3) is 0 Å². The van der Waals surface area contributed by atoms with E-state index in [1.54, 1.807) is 13.0 Å². The zero-order chi connectivity index (χ0) is 11.6. The number of nitrogens with one attached hydrogen (secondary N) is 1. The summed E-state index contributed by atoms with van der Waals surface area (Å²) < 4.78 is 23.3. The van der Waals surface area contributed by atoms with Crippen LogP contribution in [0.5, 0.6) is 0 Å². The molecule has 0 aliphatic rings. The topological polar surface area (TPSA) is 115 Å². The van der Waals surface area contributed by atoms with Crippen LogP contribution in [0.15, 0.2) is 18.2 Å². The second-order valence-electron chi connectivity index (χ2n) is 2.92. The summed E-state index contributed by atoms with van der Waals surface area (Å²) in [5.41, 5.74) is 0.179. The number of nitro benzene ring substituents is 1. The first-order chi connectivity index (χ1) is 6.79. The lowest BCUT2D eigenvalue weighted by Gasteiger charge is -2.04. The van der Waals surface area contributed by atoms with Crippen LogP contribution in [0.1, 0.15) is 5.56 Å². The molecule has 1 aromatic carbocycles. The van der Waals surface area contributed by atoms with Gasteiger partial charge in [0.25, 0.3) is 15.9 Å². The Balaban J connectivity index is 3.24. The van der Waals surface area contributed by atoms with Gasteiger partial charge in [0.1, 0.15) is 5.69 Å². The van der Waals surface area contributed by atoms with Crippen molar-refractivity contribution in [1.82, 2.24) is 0 Å². The molecule has 8 heteroatoms. The highest BCUT2D eigenvalue weighted by atomic mass is 32.2. The Bertz CT molecular complexity index is 497. The van der Waals surface area contributed by atoms with Gasteiger partial charge in [-0.3, -0.25) is 14.8 Å². The fourth-order valence-corrected chi connectivity index (χ4v) is 1.51. The second-order valence-corrected chi connectivity index (χ2v) is 4.22. The van der Waals surface area contributed by atoms with Crippen molar-refractivity contribution in [3.8, 4) is 0 Å². The molecule has 0 spiro atoms. The van der Waals surface area contributed by atoms with Crippen molar-refractivity contribution in [3.05, 3.63) is 33.9 Å². The first kappa shape index (κ1) is 11.4. The van der Waals surface area contributed by atoms with Crippen LogP contribution in [-0.4, -0.2) is 13.3 Å². The average molecular weight is 231 g/mol. The minimum absolute atomic E-state index is 0.145. The Morgan fingerprint density at radius 3 is 2.53 bits per heavy atom. The van der Waals surface area contributed by atoms with Crippen LogP contribution < -0.4 is 9.86 Å². The predicted octanol–water partition coefficient (Wildman–Crippen LogP) is 0.519. The second kappa shape index (κ2) is 3.83. The molecule has 0 bridgehead atoms. The molecule has 0 aliphatic heterocycles. The zero-order valence-electron chi connectivity index (χ0n) is 7.80. The molecule has 3 N–H and O–H groups in total. The maximum atomic E-state index is 10.7. The summed E-state index contributed by atoms with van der Waals surface area (Å²) in [5, 5.41) is 15.3. The maximum absolute atomic E-state index is 10.7. The van der Waals surface area contributed by atoms with E-state index in [9.17, 15) is 18.5 Å². The van der Waals surface area contributed by atoms with Gasteiger partial charge >= 0.3 is 0 Å². The van der Waals surface area contributed by atoms with Crippen molar-refractivity contribution in [2.24, 2.45) is 5.14 Å². The maximum Gasteiger partial charge on any atom is 0.296 e. The van der Waals surface area contributed by atoms with Crippen LogP contribution in [0, 0.1) is 17.0 Å². The third-order valence-electron chi connectivity index (χ3n) is 1.60. The summed E-state index contributed by atoms with van der Waals surface area (Å²) in [7, 11) is -4.00. The molecule has 15 heavy (non-hydrogen) atoms. The Kier molecular flexibility index (Phi) is 2.91. The predicted molar refractivity (Wildman–Crippen MR) is 54.6 cm³/mol. The summed E-state index contributed by atoms with van der Waals surface area (Å²) in [4.78, 5) is 9.91. The van der Waals surface area contributed by atoms with Gasteiger partial charge in [-0.05, 0) is 18.6 Å². The summed E-state index contributed by atoms with van der Waals surface area (Å²) in [6.45, 7) is 1.66. The van der Waals surface area contributed by atoms with Crippen LogP contribution in [0.4, 0.5) is 11.4 Å². The first-order valence-electron chi connectivity index (χ1n) is 3.85. The molecule has 1 aromatic rings. The van der Waals surface area contributed by atoms with Crippen molar-refractivity contribution in [2.75, 3.05) is 4.72 Å². The number of nitro groups is 1. The molecule has 0 unspecified atom stereocenters. The average Bonchev–Trinajstić information content (AvgIpc) is 2.05. The molecule has 0 saturated heterocycles. The molecule has 7 nitrogen and oxygen atoms in total. The molecular formula is C7H9N3O4S. The van der Waals surface area contributed by atoms with E-state index in [-0.39, 0.29) is 11.4 Å². The van der Waals surface area contributed by atoms with Crippen molar-refractivity contribution < 1.29 is 13.3 Å². The summed E-state index contributed by atoms with van der Waals surface area (Å²) in [5.74, 6) is 0. The molecule has 0 fully saturated rings. The van der Waals surface area contributed by atoms with E-state index < -0.39 is 15.1 Å². The minimum atomic E-state index is -4.00. The van der Waals surface area contributed by atoms with Crippen molar-refractivity contribution >= 4 is 21.6 Å². The molecule has 0 amide bonds. The molecule has 82 valence electrons. The van der Waals surface area contributed by atoms with Gasteiger partial charge in [-0.25, -0.2) is 5.14 Å². The fourth-order valence-electron chi connectivity index (χ4n) is 1.03. The van der Waals surface area contributed by atoms with Gasteiger partial charge < -0.3 is 0 Å². The normalized spacial score (nSPS) is 11.1. The number of benzene rings is 1. The summed E-state index contributed by atoms with van der Waals surface area (Å²) in [6.07, 6.45) is 0. The number of hydrogen-bond acceptors (Lipinski definition) is 4. The monoisotopic (exact) mass is 231 g/mol. The van der Waals surface area contributed by atoms with Gasteiger partial charge in [0.05, 0.1) is 4.92 Å². The highest BCUT2D eigenvalue weighted by molar-refractivity contribution is 7.90. The third-order valence-corrected chi connectivity index (χ3v) is 2.11. The number of nitrogens with two attached hydrogens (primary N) is 1. The van der Waals surface area contributed by atoms with E-state index in [1.807, 2.05) is 4.72 Å². The molecule has 0 radical (unpaired) electrons. The zero-order valence-corrected chi connectivity index (χ0v) is 8.61. The van der Waals surface area contributed by atoms with Gasteiger partial charge in [0, 0.05) is 6.07 Å². The summed E-state index contributed by atoms with van der Waals surface area (Å²) in [6, 6.07) is 4.09. The lowest BCUT2D eigenvalue weighted by Crippen LogP contribution is -2.22. The van der Waals surface area contributed by atoms with E-state index >= 15 is 0 Å². The van der Waals surface area contributed by atoms with Gasteiger partial charge in [-0.1, -0.05) is 6.07 Å². The Morgan fingerprint density at radius 2 is 2.07 bits per heavy atom. The highest BCUT2D eigenvalue weighted by Crippen LogP contribution is 2.25. The highest BCUT2D eigenvalue weighted by Gasteiger charge is 2.16. The van der Waals surface area contributed by atoms with E-state index in [2.05, 4.69) is 0 Å². The number of aryl methyl sites for hydroxylation is 1. The third kappa shape index (κ3) is 3.18. The lowest BCUT2D eigenvalue weighted by molar-refractivity contribution is -0.383. The van der Waals surface area contributed by atoms with Gasteiger partial charge in [0.2, 0.25) is 0 Å². The Labute approximate surface area is 86.2 Å². The van der Waals surface area contributed by atoms with E-state index in [4.69, 9.17) is 5.14 Å². The molecule has 0 saturated carbocycles. The number of nitrogens with zero attached hydrogens (tertiary/aromatic N) is 1. The SMILES string of the molecule is Cc1ccc(NS(N)(=O)=O)c([N+](=O)[O-])c1. The number of anilines is 1. The lowest BCUT2D eigenvalue weighted by atomic mass is 10.2. The fraction of sp³-hybridized carbons (Fsp3) is 0.143. The van der Waals surface area contributed by atoms with Crippen LogP contribution in [0.2, 0.25) is 0 Å². The van der Waals surface area contributed by atoms with Gasteiger partial charge in [-0.2, -0.15) is 8.42 Å². The van der Waals surface area contributed by atoms with Crippen molar-refractivity contribution in [2.45, 2.75) is 6.92 Å². The molecule has 0 aliphatic carbocycles. The molecule has 0 aromatic heterocycles. The van der Waals surface area contributed by atoms with E-state index in [0.29, 0.717) is 5.56 Å². The van der Waals surface area contributed by atoms with Gasteiger partial charge in [-0.15, -0.1) is 0 Å². The van der Waals surface area contributed by atoms with Crippen LogP contribution in [0.3, 0.4) is 0 Å². The van der Waals surface area contributed by atoms with Crippen molar-refractivity contribution in [1.29, 1.82) is 0 Å². The molecular weight excluding hydrogens is 222 g/mol. The molecule has 0 heterocycles. The Morgan fingerprint density at radius 1 is 1.47 bits per heavy atom. The number of rotatable bonds is 3. The first-order valence-corrected chi connectivity index (χ1v) is 5.40. The Hall–Kier alpha value is -1.67. The van der Waals surface area contributed by atoms with Crippen molar-refractivity contribution in [3.63, 3.8) is 0 Å². The minimum Gasteiger partial charge on any atom is -0.264 e. The number of hydrogen-bond donors (Lipinski definition) is 2. The molecule has 1 rings (SSSR count). The van der Waals surface area contributed by atoms with E-state index in [1.165, 1.54) is 12.1 Å². The van der Waals surface area contributed by atoms with Crippen LogP contribution in [-0.2, 0) is 10.2 Å². The van der Waals surface area contributed by atoms with Crippen LogP contribution >= 0.6 is 0 Å². The standard InChI is InChI=1S/C7H9N3O4S/c1-5-2-3-6(9-15(8,13)14)7(4-5)10(11)12/h2-4,9H,1H3,(H2,8,13,14).